The van der Waals surface area contributed by atoms with Crippen molar-refractivity contribution in [3.05, 3.63) is 66.0 Å². The second-order valence-corrected chi connectivity index (χ2v) is 5.69. The topological polar surface area (TPSA) is 15.3 Å². The fourth-order valence-electron chi connectivity index (χ4n) is 2.89. The van der Waals surface area contributed by atoms with Gasteiger partial charge in [-0.15, -0.1) is 0 Å². The van der Waals surface area contributed by atoms with Crippen LogP contribution in [0.5, 0.6) is 0 Å². The molecule has 1 aliphatic heterocycles. The van der Waals surface area contributed by atoms with E-state index in [9.17, 15) is 4.39 Å². The monoisotopic (exact) mass is 284 g/mol. The molecule has 21 heavy (non-hydrogen) atoms. The number of likely N-dealkylation sites (tertiary alicyclic amines) is 1. The Morgan fingerprint density at radius 3 is 2.48 bits per heavy atom. The quantitative estimate of drug-likeness (QED) is 0.916. The van der Waals surface area contributed by atoms with Crippen LogP contribution < -0.4 is 5.32 Å². The molecule has 1 heterocycles. The summed E-state index contributed by atoms with van der Waals surface area (Å²) < 4.78 is 13.2. The first kappa shape index (κ1) is 14.1. The number of benzene rings is 2. The van der Waals surface area contributed by atoms with Crippen molar-refractivity contribution in [1.29, 1.82) is 0 Å². The maximum Gasteiger partial charge on any atom is 0.125 e. The van der Waals surface area contributed by atoms with E-state index >= 15 is 0 Å². The van der Waals surface area contributed by atoms with E-state index in [1.54, 1.807) is 12.1 Å². The molecule has 0 aromatic heterocycles. The number of piperidine rings is 1. The normalized spacial score (nSPS) is 16.8. The van der Waals surface area contributed by atoms with Crippen LogP contribution in [0.3, 0.4) is 0 Å². The Bertz CT molecular complexity index is 562. The molecule has 110 valence electrons. The molecule has 3 rings (SSSR count). The first-order chi connectivity index (χ1) is 10.3. The minimum absolute atomic E-state index is 0.179. The van der Waals surface area contributed by atoms with Crippen molar-refractivity contribution in [3.8, 4) is 0 Å². The molecule has 1 aliphatic rings. The predicted molar refractivity (Wildman–Crippen MR) is 84.8 cm³/mol. The summed E-state index contributed by atoms with van der Waals surface area (Å²) in [5.41, 5.74) is 2.26. The highest BCUT2D eigenvalue weighted by molar-refractivity contribution is 5.44. The molecular weight excluding hydrogens is 263 g/mol. The van der Waals surface area contributed by atoms with Crippen LogP contribution >= 0.6 is 0 Å². The summed E-state index contributed by atoms with van der Waals surface area (Å²) in [6.07, 6.45) is 2.20. The smallest absolute Gasteiger partial charge is 0.125 e. The standard InChI is InChI=1S/C18H21FN2/c19-16-7-4-8-18(13-16)20-17-9-11-21(12-10-17)14-15-5-2-1-3-6-15/h1-8,13,17,20H,9-12,14H2. The summed E-state index contributed by atoms with van der Waals surface area (Å²) in [4.78, 5) is 2.49. The SMILES string of the molecule is Fc1cccc(NC2CCN(Cc3ccccc3)CC2)c1. The highest BCUT2D eigenvalue weighted by Crippen LogP contribution is 2.18. The average molecular weight is 284 g/mol. The Hall–Kier alpha value is -1.87. The van der Waals surface area contributed by atoms with Gasteiger partial charge >= 0.3 is 0 Å². The number of nitrogens with zero attached hydrogens (tertiary/aromatic N) is 1. The molecule has 3 heteroatoms. The highest BCUT2D eigenvalue weighted by atomic mass is 19.1. The average Bonchev–Trinajstić information content (AvgIpc) is 2.50. The third-order valence-corrected chi connectivity index (χ3v) is 4.03. The fraction of sp³-hybridized carbons (Fsp3) is 0.333. The van der Waals surface area contributed by atoms with Gasteiger partial charge in [0.1, 0.15) is 5.82 Å². The molecule has 0 bridgehead atoms. The molecule has 1 N–H and O–H groups in total. The zero-order valence-corrected chi connectivity index (χ0v) is 12.1. The molecule has 0 radical (unpaired) electrons. The number of halogens is 1. The van der Waals surface area contributed by atoms with Crippen LogP contribution in [0.25, 0.3) is 0 Å². The van der Waals surface area contributed by atoms with Crippen molar-refractivity contribution in [2.24, 2.45) is 0 Å². The first-order valence-corrected chi connectivity index (χ1v) is 7.58. The van der Waals surface area contributed by atoms with E-state index in [0.717, 1.165) is 38.2 Å². The summed E-state index contributed by atoms with van der Waals surface area (Å²) >= 11 is 0. The molecule has 0 unspecified atom stereocenters. The van der Waals surface area contributed by atoms with Crippen LogP contribution in [-0.4, -0.2) is 24.0 Å². The predicted octanol–water partition coefficient (Wildman–Crippen LogP) is 3.90. The van der Waals surface area contributed by atoms with Gasteiger partial charge in [0, 0.05) is 31.4 Å². The van der Waals surface area contributed by atoms with Gasteiger partial charge in [0.05, 0.1) is 0 Å². The lowest BCUT2D eigenvalue weighted by molar-refractivity contribution is 0.211. The van der Waals surface area contributed by atoms with Crippen molar-refractivity contribution in [1.82, 2.24) is 4.90 Å². The van der Waals surface area contributed by atoms with Gasteiger partial charge in [-0.3, -0.25) is 4.90 Å². The van der Waals surface area contributed by atoms with E-state index in [4.69, 9.17) is 0 Å². The lowest BCUT2D eigenvalue weighted by atomic mass is 10.0. The fourth-order valence-corrected chi connectivity index (χ4v) is 2.89. The third kappa shape index (κ3) is 4.05. The number of nitrogens with one attached hydrogen (secondary N) is 1. The molecule has 2 aromatic rings. The maximum atomic E-state index is 13.2. The third-order valence-electron chi connectivity index (χ3n) is 4.03. The molecule has 2 aromatic carbocycles. The van der Waals surface area contributed by atoms with Gasteiger partial charge in [0.25, 0.3) is 0 Å². The van der Waals surface area contributed by atoms with E-state index in [-0.39, 0.29) is 5.82 Å². The van der Waals surface area contributed by atoms with E-state index in [2.05, 4.69) is 40.5 Å². The number of rotatable bonds is 4. The number of hydrogen-bond donors (Lipinski definition) is 1. The Kier molecular flexibility index (Phi) is 4.51. The molecule has 0 spiro atoms. The van der Waals surface area contributed by atoms with Gasteiger partial charge in [-0.2, -0.15) is 0 Å². The molecule has 2 nitrogen and oxygen atoms in total. The first-order valence-electron chi connectivity index (χ1n) is 7.58. The minimum Gasteiger partial charge on any atom is -0.382 e. The second-order valence-electron chi connectivity index (χ2n) is 5.69. The van der Waals surface area contributed by atoms with Crippen LogP contribution in [-0.2, 0) is 6.54 Å². The summed E-state index contributed by atoms with van der Waals surface area (Å²) in [6, 6.07) is 17.8. The van der Waals surface area contributed by atoms with Crippen molar-refractivity contribution in [3.63, 3.8) is 0 Å². The van der Waals surface area contributed by atoms with Crippen molar-refractivity contribution >= 4 is 5.69 Å². The molecule has 0 aliphatic carbocycles. The largest absolute Gasteiger partial charge is 0.382 e. The number of anilines is 1. The Morgan fingerprint density at radius 2 is 1.76 bits per heavy atom. The van der Waals surface area contributed by atoms with Crippen molar-refractivity contribution < 1.29 is 4.39 Å². The van der Waals surface area contributed by atoms with Gasteiger partial charge in [-0.05, 0) is 36.6 Å². The zero-order chi connectivity index (χ0) is 14.5. The lowest BCUT2D eigenvalue weighted by Crippen LogP contribution is -2.38. The van der Waals surface area contributed by atoms with Crippen molar-refractivity contribution in [2.75, 3.05) is 18.4 Å². The minimum atomic E-state index is -0.179. The maximum absolute atomic E-state index is 13.2. The van der Waals surface area contributed by atoms with Gasteiger partial charge in [-0.25, -0.2) is 4.39 Å². The molecule has 0 atom stereocenters. The summed E-state index contributed by atoms with van der Waals surface area (Å²) in [6.45, 7) is 3.19. The van der Waals surface area contributed by atoms with Crippen LogP contribution in [0.2, 0.25) is 0 Å². The summed E-state index contributed by atoms with van der Waals surface area (Å²) in [5.74, 6) is -0.179. The van der Waals surface area contributed by atoms with Gasteiger partial charge < -0.3 is 5.32 Å². The second kappa shape index (κ2) is 6.72. The van der Waals surface area contributed by atoms with E-state index in [1.807, 2.05) is 6.07 Å². The van der Waals surface area contributed by atoms with Gasteiger partial charge in [-0.1, -0.05) is 36.4 Å². The van der Waals surface area contributed by atoms with Crippen LogP contribution in [0.1, 0.15) is 18.4 Å². The summed E-state index contributed by atoms with van der Waals surface area (Å²) in [5, 5.41) is 3.44. The van der Waals surface area contributed by atoms with Crippen molar-refractivity contribution in [2.45, 2.75) is 25.4 Å². The van der Waals surface area contributed by atoms with E-state index in [0.29, 0.717) is 6.04 Å². The van der Waals surface area contributed by atoms with E-state index in [1.165, 1.54) is 11.6 Å². The molecule has 0 saturated carbocycles. The van der Waals surface area contributed by atoms with E-state index < -0.39 is 0 Å². The van der Waals surface area contributed by atoms with Gasteiger partial charge in [0.15, 0.2) is 0 Å². The van der Waals surface area contributed by atoms with Crippen LogP contribution in [0.15, 0.2) is 54.6 Å². The molecule has 0 amide bonds. The Balaban J connectivity index is 1.49. The molecule has 1 fully saturated rings. The van der Waals surface area contributed by atoms with Gasteiger partial charge in [0.2, 0.25) is 0 Å². The molecular formula is C18H21FN2. The Morgan fingerprint density at radius 1 is 1.00 bits per heavy atom. The summed E-state index contributed by atoms with van der Waals surface area (Å²) in [7, 11) is 0. The molecule has 1 saturated heterocycles. The lowest BCUT2D eigenvalue weighted by Gasteiger charge is -2.32. The van der Waals surface area contributed by atoms with Crippen LogP contribution in [0, 0.1) is 5.82 Å². The highest BCUT2D eigenvalue weighted by Gasteiger charge is 2.19. The zero-order valence-electron chi connectivity index (χ0n) is 12.1. The van der Waals surface area contributed by atoms with Crippen LogP contribution in [0.4, 0.5) is 10.1 Å². The number of hydrogen-bond acceptors (Lipinski definition) is 2. The Labute approximate surface area is 125 Å².